The summed E-state index contributed by atoms with van der Waals surface area (Å²) in [5.74, 6) is -1.93. The number of thioether (sulfide) groups is 2. The van der Waals surface area contributed by atoms with Crippen LogP contribution in [0.2, 0.25) is 0 Å². The summed E-state index contributed by atoms with van der Waals surface area (Å²) in [6, 6.07) is 13.0. The highest BCUT2D eigenvalue weighted by Gasteiger charge is 2.43. The normalized spacial score (nSPS) is 16.9. The average Bonchev–Trinajstić information content (AvgIpc) is 3.45. The van der Waals surface area contributed by atoms with Crippen LogP contribution in [0.25, 0.3) is 0 Å². The van der Waals surface area contributed by atoms with E-state index >= 15 is 0 Å². The zero-order valence-corrected chi connectivity index (χ0v) is 26.5. The molecule has 2 aromatic rings. The number of hydrogen-bond donors (Lipinski definition) is 0. The lowest BCUT2D eigenvalue weighted by Crippen LogP contribution is -2.29. The van der Waals surface area contributed by atoms with Crippen molar-refractivity contribution in [2.75, 3.05) is 23.0 Å². The van der Waals surface area contributed by atoms with Crippen molar-refractivity contribution in [2.24, 2.45) is 0 Å². The van der Waals surface area contributed by atoms with E-state index in [9.17, 15) is 19.2 Å². The van der Waals surface area contributed by atoms with Crippen LogP contribution in [0.3, 0.4) is 0 Å². The van der Waals surface area contributed by atoms with Crippen molar-refractivity contribution >= 4 is 91.7 Å². The van der Waals surface area contributed by atoms with E-state index in [-0.39, 0.29) is 18.5 Å². The molecule has 0 atom stereocenters. The molecule has 2 aliphatic heterocycles. The predicted molar refractivity (Wildman–Crippen MR) is 175 cm³/mol. The molecule has 2 heterocycles. The van der Waals surface area contributed by atoms with Crippen LogP contribution in [0.4, 0.5) is 11.4 Å². The molecule has 8 nitrogen and oxygen atoms in total. The van der Waals surface area contributed by atoms with Gasteiger partial charge in [0.05, 0.1) is 45.5 Å². The molecule has 0 N–H and O–H groups in total. The first kappa shape index (κ1) is 31.9. The molecule has 4 rings (SSSR count). The van der Waals surface area contributed by atoms with E-state index in [1.807, 2.05) is 0 Å². The number of anilines is 2. The molecule has 0 saturated carbocycles. The summed E-state index contributed by atoms with van der Waals surface area (Å²) >= 11 is 13.0. The van der Waals surface area contributed by atoms with E-state index < -0.39 is 23.8 Å². The predicted octanol–water partition coefficient (Wildman–Crippen LogP) is 7.02. The van der Waals surface area contributed by atoms with E-state index in [1.165, 1.54) is 9.80 Å². The summed E-state index contributed by atoms with van der Waals surface area (Å²) in [4.78, 5) is 55.1. The number of ether oxygens (including phenoxy) is 2. The molecule has 220 valence electrons. The second-order valence-corrected chi connectivity index (χ2v) is 12.8. The van der Waals surface area contributed by atoms with E-state index in [2.05, 4.69) is 13.8 Å². The average molecular weight is 643 g/mol. The van der Waals surface area contributed by atoms with Gasteiger partial charge in [0.1, 0.15) is 0 Å². The van der Waals surface area contributed by atoms with E-state index in [0.717, 1.165) is 62.0 Å². The summed E-state index contributed by atoms with van der Waals surface area (Å²) in [6.45, 7) is 4.78. The highest BCUT2D eigenvalue weighted by atomic mass is 32.2. The number of hydrogen-bond acceptors (Lipinski definition) is 10. The van der Waals surface area contributed by atoms with Crippen molar-refractivity contribution < 1.29 is 28.7 Å². The highest BCUT2D eigenvalue weighted by Crippen LogP contribution is 2.44. The minimum atomic E-state index is -0.483. The van der Waals surface area contributed by atoms with Crippen molar-refractivity contribution in [1.29, 1.82) is 0 Å². The van der Waals surface area contributed by atoms with Crippen LogP contribution >= 0.6 is 48.0 Å². The van der Waals surface area contributed by atoms with Gasteiger partial charge in [0.15, 0.2) is 8.64 Å². The Kier molecular flexibility index (Phi) is 11.3. The van der Waals surface area contributed by atoms with Gasteiger partial charge < -0.3 is 9.47 Å². The maximum absolute atomic E-state index is 13.6. The maximum atomic E-state index is 13.6. The Morgan fingerprint density at radius 2 is 1.10 bits per heavy atom. The molecular formula is C30H30N2O6S4. The fraction of sp³-hybridized carbons (Fsp3) is 0.333. The van der Waals surface area contributed by atoms with Crippen molar-refractivity contribution in [3.63, 3.8) is 0 Å². The number of nitrogens with zero attached hydrogens (tertiary/aromatic N) is 2. The van der Waals surface area contributed by atoms with Gasteiger partial charge >= 0.3 is 11.9 Å². The monoisotopic (exact) mass is 642 g/mol. The van der Waals surface area contributed by atoms with Gasteiger partial charge in [-0.1, -0.05) is 99.6 Å². The second kappa shape index (κ2) is 14.9. The second-order valence-electron chi connectivity index (χ2n) is 9.46. The maximum Gasteiger partial charge on any atom is 0.338 e. The van der Waals surface area contributed by atoms with Crippen LogP contribution in [0, 0.1) is 0 Å². The first-order valence-electron chi connectivity index (χ1n) is 13.7. The molecule has 0 spiro atoms. The molecule has 0 bridgehead atoms. The van der Waals surface area contributed by atoms with Gasteiger partial charge in [-0.3, -0.25) is 19.4 Å². The van der Waals surface area contributed by atoms with E-state index in [1.54, 1.807) is 48.5 Å². The van der Waals surface area contributed by atoms with Gasteiger partial charge in [0.25, 0.3) is 11.8 Å². The molecule has 0 radical (unpaired) electrons. The number of amides is 2. The Morgan fingerprint density at radius 1 is 0.690 bits per heavy atom. The van der Waals surface area contributed by atoms with Gasteiger partial charge in [-0.25, -0.2) is 9.59 Å². The number of unbranched alkanes of at least 4 members (excludes halogenated alkanes) is 4. The Hall–Kier alpha value is -3.06. The van der Waals surface area contributed by atoms with E-state index in [4.69, 9.17) is 33.9 Å². The minimum Gasteiger partial charge on any atom is -0.462 e. The number of esters is 2. The summed E-state index contributed by atoms with van der Waals surface area (Å²) < 4.78 is 11.1. The third-order valence-corrected chi connectivity index (χ3v) is 9.26. The molecule has 2 aliphatic rings. The third-order valence-electron chi connectivity index (χ3n) is 6.39. The first-order chi connectivity index (χ1) is 20.3. The Bertz CT molecular complexity index is 1350. The lowest BCUT2D eigenvalue weighted by atomic mass is 10.2. The zero-order valence-electron chi connectivity index (χ0n) is 23.3. The quantitative estimate of drug-likeness (QED) is 0.104. The van der Waals surface area contributed by atoms with E-state index in [0.29, 0.717) is 35.7 Å². The third kappa shape index (κ3) is 7.28. The van der Waals surface area contributed by atoms with Crippen LogP contribution < -0.4 is 9.80 Å². The number of benzene rings is 2. The Morgan fingerprint density at radius 3 is 1.48 bits per heavy atom. The fourth-order valence-corrected chi connectivity index (χ4v) is 6.95. The lowest BCUT2D eigenvalue weighted by molar-refractivity contribution is -0.115. The molecule has 12 heteroatoms. The SMILES string of the molecule is CCCCCOC(=O)c1cccc(N2C(=O)/C(=C3\SC(=S)N(c4cccc(C(=O)OCCCCC)c4)C3=O)SC2=S)c1. The summed E-state index contributed by atoms with van der Waals surface area (Å²) in [5, 5.41) is 0. The molecule has 2 aromatic carbocycles. The Balaban J connectivity index is 1.52. The molecule has 2 amide bonds. The van der Waals surface area contributed by atoms with Crippen LogP contribution in [0.1, 0.15) is 73.1 Å². The van der Waals surface area contributed by atoms with Crippen LogP contribution in [0.5, 0.6) is 0 Å². The van der Waals surface area contributed by atoms with Crippen LogP contribution in [-0.4, -0.2) is 45.6 Å². The molecule has 2 saturated heterocycles. The molecule has 0 aliphatic carbocycles. The molecule has 2 fully saturated rings. The summed E-state index contributed by atoms with van der Waals surface area (Å²) in [5.41, 5.74) is 1.40. The standard InChI is InChI=1S/C30H30N2O6S4/c1-3-5-7-15-37-27(35)19-11-9-13-21(17-19)31-25(33)23(41-29(31)39)24-26(34)32(30(40)42-24)22-14-10-12-20(18-22)28(36)38-16-8-6-4-2/h9-14,17-18H,3-8,15-16H2,1-2H3/b24-23+. The molecule has 0 unspecified atom stereocenters. The Labute approximate surface area is 264 Å². The topological polar surface area (TPSA) is 93.2 Å². The lowest BCUT2D eigenvalue weighted by Gasteiger charge is -2.16. The van der Waals surface area contributed by atoms with Gasteiger partial charge in [0, 0.05) is 0 Å². The van der Waals surface area contributed by atoms with Gasteiger partial charge in [-0.05, 0) is 49.2 Å². The smallest absolute Gasteiger partial charge is 0.338 e. The number of rotatable bonds is 12. The largest absolute Gasteiger partial charge is 0.462 e. The van der Waals surface area contributed by atoms with Crippen molar-refractivity contribution in [3.05, 3.63) is 69.5 Å². The molecule has 42 heavy (non-hydrogen) atoms. The molecule has 0 aromatic heterocycles. The van der Waals surface area contributed by atoms with Crippen LogP contribution in [-0.2, 0) is 19.1 Å². The number of carbonyl (C=O) groups is 4. The number of carbonyl (C=O) groups excluding carboxylic acids is 4. The van der Waals surface area contributed by atoms with Gasteiger partial charge in [-0.2, -0.15) is 0 Å². The summed E-state index contributed by atoms with van der Waals surface area (Å²) in [7, 11) is 0. The van der Waals surface area contributed by atoms with Crippen LogP contribution in [0.15, 0.2) is 58.3 Å². The first-order valence-corrected chi connectivity index (χ1v) is 16.1. The zero-order chi connectivity index (χ0) is 30.2. The fourth-order valence-electron chi connectivity index (χ4n) is 4.20. The van der Waals surface area contributed by atoms with Gasteiger partial charge in [-0.15, -0.1) is 0 Å². The minimum absolute atomic E-state index is 0.152. The highest BCUT2D eigenvalue weighted by molar-refractivity contribution is 8.30. The summed E-state index contributed by atoms with van der Waals surface area (Å²) in [6.07, 6.45) is 5.52. The van der Waals surface area contributed by atoms with Crippen molar-refractivity contribution in [3.8, 4) is 0 Å². The van der Waals surface area contributed by atoms with Gasteiger partial charge in [0.2, 0.25) is 0 Å². The van der Waals surface area contributed by atoms with Crippen molar-refractivity contribution in [1.82, 2.24) is 0 Å². The number of thiocarbonyl (C=S) groups is 2. The van der Waals surface area contributed by atoms with Crippen molar-refractivity contribution in [2.45, 2.75) is 52.4 Å². The molecular weight excluding hydrogens is 613 g/mol.